The minimum atomic E-state index is 0.274. The zero-order valence-corrected chi connectivity index (χ0v) is 12.9. The molecule has 0 bridgehead atoms. The molecule has 5 heteroatoms. The Morgan fingerprint density at radius 3 is 3.00 bits per heavy atom. The number of nitrogens with zero attached hydrogens (tertiary/aromatic N) is 3. The number of rotatable bonds is 4. The first-order chi connectivity index (χ1) is 9.69. The van der Waals surface area contributed by atoms with Crippen LogP contribution < -0.4 is 5.73 Å². The molecule has 4 nitrogen and oxygen atoms in total. The highest BCUT2D eigenvalue weighted by molar-refractivity contribution is 7.10. The number of thiophene rings is 1. The summed E-state index contributed by atoms with van der Waals surface area (Å²) in [5, 5.41) is 6.65. The van der Waals surface area contributed by atoms with E-state index in [4.69, 9.17) is 5.73 Å². The second-order valence-electron chi connectivity index (χ2n) is 5.69. The number of nitrogens with two attached hydrogens (primary N) is 1. The molecule has 1 aliphatic rings. The van der Waals surface area contributed by atoms with Crippen LogP contribution in [0.25, 0.3) is 0 Å². The molecular weight excluding hydrogens is 268 g/mol. The number of fused-ring (bicyclic) bond motifs is 1. The predicted octanol–water partition coefficient (Wildman–Crippen LogP) is 2.58. The molecule has 2 N–H and O–H groups in total. The van der Waals surface area contributed by atoms with Crippen molar-refractivity contribution in [3.63, 3.8) is 0 Å². The monoisotopic (exact) mass is 290 g/mol. The van der Waals surface area contributed by atoms with Crippen LogP contribution in [0.5, 0.6) is 0 Å². The summed E-state index contributed by atoms with van der Waals surface area (Å²) in [6.45, 7) is 7.03. The molecule has 0 spiro atoms. The fourth-order valence-electron chi connectivity index (χ4n) is 2.84. The molecule has 20 heavy (non-hydrogen) atoms. The summed E-state index contributed by atoms with van der Waals surface area (Å²) < 4.78 is 2.01. The van der Waals surface area contributed by atoms with E-state index in [1.54, 1.807) is 0 Å². The van der Waals surface area contributed by atoms with Gasteiger partial charge in [-0.05, 0) is 37.3 Å². The first-order valence-electron chi connectivity index (χ1n) is 7.22. The van der Waals surface area contributed by atoms with E-state index in [1.165, 1.54) is 16.0 Å². The van der Waals surface area contributed by atoms with Gasteiger partial charge in [-0.1, -0.05) is 0 Å². The summed E-state index contributed by atoms with van der Waals surface area (Å²) in [4.78, 5) is 4.02. The van der Waals surface area contributed by atoms with E-state index in [1.807, 2.05) is 22.2 Å². The molecule has 108 valence electrons. The third kappa shape index (κ3) is 2.53. The zero-order chi connectivity index (χ0) is 14.1. The largest absolute Gasteiger partial charge is 0.329 e. The average Bonchev–Trinajstić information content (AvgIpc) is 3.07. The van der Waals surface area contributed by atoms with Gasteiger partial charge in [0, 0.05) is 42.3 Å². The summed E-state index contributed by atoms with van der Waals surface area (Å²) in [7, 11) is 0. The van der Waals surface area contributed by atoms with Gasteiger partial charge in [0.2, 0.25) is 0 Å². The topological polar surface area (TPSA) is 47.1 Å². The summed E-state index contributed by atoms with van der Waals surface area (Å²) >= 11 is 1.88. The maximum absolute atomic E-state index is 6.04. The minimum Gasteiger partial charge on any atom is -0.329 e. The average molecular weight is 290 g/mol. The second kappa shape index (κ2) is 5.68. The third-order valence-electron chi connectivity index (χ3n) is 4.04. The molecule has 1 atom stereocenters. The molecule has 2 aromatic rings. The van der Waals surface area contributed by atoms with E-state index in [9.17, 15) is 0 Å². The number of aromatic nitrogens is 2. The first-order valence-corrected chi connectivity index (χ1v) is 8.10. The Kier molecular flexibility index (Phi) is 3.92. The van der Waals surface area contributed by atoms with Crippen molar-refractivity contribution in [1.82, 2.24) is 14.7 Å². The highest BCUT2D eigenvalue weighted by Crippen LogP contribution is 2.30. The van der Waals surface area contributed by atoms with Crippen LogP contribution in [0.15, 0.2) is 23.8 Å². The SMILES string of the molecule is CC(C)n1cc(C(CN)N2CCc3sccc3C2)cn1. The van der Waals surface area contributed by atoms with E-state index in [0.29, 0.717) is 12.6 Å². The molecule has 0 aliphatic carbocycles. The number of hydrogen-bond donors (Lipinski definition) is 1. The van der Waals surface area contributed by atoms with Crippen LogP contribution in [-0.2, 0) is 13.0 Å². The molecule has 0 radical (unpaired) electrons. The summed E-state index contributed by atoms with van der Waals surface area (Å²) in [6.07, 6.45) is 5.26. The van der Waals surface area contributed by atoms with Gasteiger partial charge in [-0.15, -0.1) is 11.3 Å². The fraction of sp³-hybridized carbons (Fsp3) is 0.533. The first kappa shape index (κ1) is 13.8. The standard InChI is InChI=1S/C15H22N4S/c1-11(2)19-10-13(8-17-19)14(7-16)18-5-3-15-12(9-18)4-6-20-15/h4,6,8,10-11,14H,3,5,7,9,16H2,1-2H3. The summed E-state index contributed by atoms with van der Waals surface area (Å²) in [6, 6.07) is 2.92. The minimum absolute atomic E-state index is 0.274. The smallest absolute Gasteiger partial charge is 0.0538 e. The third-order valence-corrected chi connectivity index (χ3v) is 5.06. The molecular formula is C15H22N4S. The Morgan fingerprint density at radius 1 is 1.45 bits per heavy atom. The highest BCUT2D eigenvalue weighted by Gasteiger charge is 2.25. The normalized spacial score (nSPS) is 17.4. The van der Waals surface area contributed by atoms with Crippen LogP contribution in [0.1, 0.15) is 41.9 Å². The van der Waals surface area contributed by atoms with E-state index in [0.717, 1.165) is 19.5 Å². The van der Waals surface area contributed by atoms with E-state index in [-0.39, 0.29) is 6.04 Å². The predicted molar refractivity (Wildman–Crippen MR) is 82.8 cm³/mol. The van der Waals surface area contributed by atoms with E-state index >= 15 is 0 Å². The fourth-order valence-corrected chi connectivity index (χ4v) is 3.73. The van der Waals surface area contributed by atoms with Crippen molar-refractivity contribution < 1.29 is 0 Å². The van der Waals surface area contributed by atoms with Crippen molar-refractivity contribution in [2.45, 2.75) is 38.9 Å². The molecule has 2 aromatic heterocycles. The van der Waals surface area contributed by atoms with Crippen molar-refractivity contribution in [2.24, 2.45) is 5.73 Å². The molecule has 0 fully saturated rings. The van der Waals surface area contributed by atoms with Gasteiger partial charge in [-0.25, -0.2) is 0 Å². The van der Waals surface area contributed by atoms with E-state index in [2.05, 4.69) is 41.5 Å². The van der Waals surface area contributed by atoms with Gasteiger partial charge in [-0.2, -0.15) is 5.10 Å². The molecule has 3 rings (SSSR count). The second-order valence-corrected chi connectivity index (χ2v) is 6.69. The van der Waals surface area contributed by atoms with Crippen molar-refractivity contribution in [3.05, 3.63) is 39.8 Å². The zero-order valence-electron chi connectivity index (χ0n) is 12.1. The Labute approximate surface area is 124 Å². The van der Waals surface area contributed by atoms with Gasteiger partial charge in [0.05, 0.1) is 12.2 Å². The Morgan fingerprint density at radius 2 is 2.30 bits per heavy atom. The Bertz CT molecular complexity index is 572. The van der Waals surface area contributed by atoms with Gasteiger partial charge < -0.3 is 5.73 Å². The van der Waals surface area contributed by atoms with Crippen molar-refractivity contribution >= 4 is 11.3 Å². The molecule has 0 saturated carbocycles. The molecule has 3 heterocycles. The van der Waals surface area contributed by atoms with Gasteiger partial charge in [0.15, 0.2) is 0 Å². The van der Waals surface area contributed by atoms with Crippen LogP contribution in [0, 0.1) is 0 Å². The summed E-state index contributed by atoms with van der Waals surface area (Å²) in [5.41, 5.74) is 8.74. The van der Waals surface area contributed by atoms with Gasteiger partial charge >= 0.3 is 0 Å². The lowest BCUT2D eigenvalue weighted by atomic mass is 10.0. The van der Waals surface area contributed by atoms with Crippen molar-refractivity contribution in [1.29, 1.82) is 0 Å². The van der Waals surface area contributed by atoms with Crippen LogP contribution in [0.2, 0.25) is 0 Å². The van der Waals surface area contributed by atoms with E-state index < -0.39 is 0 Å². The van der Waals surface area contributed by atoms with Gasteiger partial charge in [0.25, 0.3) is 0 Å². The lowest BCUT2D eigenvalue weighted by Crippen LogP contribution is -2.37. The Balaban J connectivity index is 1.80. The van der Waals surface area contributed by atoms with Crippen LogP contribution >= 0.6 is 11.3 Å². The number of hydrogen-bond acceptors (Lipinski definition) is 4. The van der Waals surface area contributed by atoms with Crippen molar-refractivity contribution in [2.75, 3.05) is 13.1 Å². The Hall–Kier alpha value is -1.17. The molecule has 0 saturated heterocycles. The maximum atomic E-state index is 6.04. The quantitative estimate of drug-likeness (QED) is 0.941. The maximum Gasteiger partial charge on any atom is 0.0538 e. The molecule has 0 aromatic carbocycles. The van der Waals surface area contributed by atoms with Crippen LogP contribution in [-0.4, -0.2) is 27.8 Å². The van der Waals surface area contributed by atoms with Crippen molar-refractivity contribution in [3.8, 4) is 0 Å². The van der Waals surface area contributed by atoms with Gasteiger partial charge in [-0.3, -0.25) is 9.58 Å². The lowest BCUT2D eigenvalue weighted by Gasteiger charge is -2.33. The van der Waals surface area contributed by atoms with Crippen LogP contribution in [0.4, 0.5) is 0 Å². The lowest BCUT2D eigenvalue weighted by molar-refractivity contribution is 0.185. The molecule has 0 amide bonds. The van der Waals surface area contributed by atoms with Crippen LogP contribution in [0.3, 0.4) is 0 Å². The highest BCUT2D eigenvalue weighted by atomic mass is 32.1. The molecule has 1 aliphatic heterocycles. The van der Waals surface area contributed by atoms with Gasteiger partial charge in [0.1, 0.15) is 0 Å². The summed E-state index contributed by atoms with van der Waals surface area (Å²) in [5.74, 6) is 0. The molecule has 1 unspecified atom stereocenters.